The van der Waals surface area contributed by atoms with Crippen molar-refractivity contribution in [3.63, 3.8) is 0 Å². The van der Waals surface area contributed by atoms with Crippen LogP contribution in [0.5, 0.6) is 0 Å². The van der Waals surface area contributed by atoms with E-state index in [1.165, 1.54) is 27.4 Å². The van der Waals surface area contributed by atoms with Crippen molar-refractivity contribution in [3.8, 4) is 11.1 Å². The summed E-state index contributed by atoms with van der Waals surface area (Å²) in [5, 5.41) is 1.22. The molecule has 3 radical (unpaired) electrons. The largest absolute Gasteiger partial charge is 0.0716 e. The molecule has 0 atom stereocenters. The van der Waals surface area contributed by atoms with Crippen LogP contribution >= 0.6 is 0 Å². The van der Waals surface area contributed by atoms with Crippen LogP contribution in [0.4, 0.5) is 0 Å². The van der Waals surface area contributed by atoms with Gasteiger partial charge < -0.3 is 0 Å². The maximum atomic E-state index is 3.66. The molecule has 1 heteroatoms. The summed E-state index contributed by atoms with van der Waals surface area (Å²) >= 11 is 0. The topological polar surface area (TPSA) is 0 Å². The van der Waals surface area contributed by atoms with Crippen molar-refractivity contribution in [2.45, 2.75) is 6.42 Å². The molecule has 0 aromatic heterocycles. The Morgan fingerprint density at radius 1 is 0.857 bits per heavy atom. The summed E-state index contributed by atoms with van der Waals surface area (Å²) in [5.41, 5.74) is 5.63. The first-order chi connectivity index (χ1) is 6.86. The molecule has 0 saturated heterocycles. The van der Waals surface area contributed by atoms with Crippen molar-refractivity contribution in [2.24, 2.45) is 0 Å². The van der Waals surface area contributed by atoms with Crippen LogP contribution in [0.2, 0.25) is 0 Å². The van der Waals surface area contributed by atoms with E-state index >= 15 is 0 Å². The van der Waals surface area contributed by atoms with E-state index in [1.807, 2.05) is 0 Å². The van der Waals surface area contributed by atoms with Gasteiger partial charge in [0, 0.05) is 0 Å². The first-order valence-corrected chi connectivity index (χ1v) is 5.28. The molecule has 0 spiro atoms. The smallest absolute Gasteiger partial charge is 0.0635 e. The van der Waals surface area contributed by atoms with E-state index in [9.17, 15) is 0 Å². The second-order valence-electron chi connectivity index (χ2n) is 3.67. The Hall–Kier alpha value is -1.34. The van der Waals surface area contributed by atoms with Crippen LogP contribution in [0, 0.1) is 0 Å². The van der Waals surface area contributed by atoms with Gasteiger partial charge in [0.05, 0.1) is 10.2 Å². The lowest BCUT2D eigenvalue weighted by Crippen LogP contribution is -2.08. The fraction of sp³-hybridized carbons (Fsp3) is 0.0769. The Balaban J connectivity index is 2.33. The summed E-state index contributed by atoms with van der Waals surface area (Å²) in [6.07, 6.45) is 1.06. The third-order valence-electron chi connectivity index (χ3n) is 2.85. The Morgan fingerprint density at radius 3 is 2.57 bits per heavy atom. The molecule has 0 nitrogen and oxygen atoms in total. The van der Waals surface area contributed by atoms with Crippen molar-refractivity contribution in [1.82, 2.24) is 0 Å². The van der Waals surface area contributed by atoms with Crippen molar-refractivity contribution in [2.75, 3.05) is 0 Å². The molecule has 1 aliphatic carbocycles. The maximum absolute atomic E-state index is 3.66. The van der Waals surface area contributed by atoms with Gasteiger partial charge in [-0.1, -0.05) is 47.7 Å². The monoisotopic (exact) mass is 193 g/mol. The van der Waals surface area contributed by atoms with Gasteiger partial charge in [0.1, 0.15) is 0 Å². The summed E-state index contributed by atoms with van der Waals surface area (Å²) in [7, 11) is 3.66. The minimum atomic E-state index is 1.06. The Labute approximate surface area is 87.0 Å². The predicted molar refractivity (Wildman–Crippen MR) is 60.1 cm³/mol. The van der Waals surface area contributed by atoms with E-state index in [-0.39, 0.29) is 0 Å². The zero-order valence-electron chi connectivity index (χ0n) is 7.75. The van der Waals surface area contributed by atoms with Crippen LogP contribution in [-0.2, 0) is 6.42 Å². The molecule has 65 valence electrons. The maximum Gasteiger partial charge on any atom is 0.0716 e. The number of fused-ring (bicyclic) bond motifs is 3. The normalized spacial score (nSPS) is 12.4. The molecule has 0 heterocycles. The molecule has 0 bridgehead atoms. The van der Waals surface area contributed by atoms with E-state index in [4.69, 9.17) is 0 Å². The van der Waals surface area contributed by atoms with Crippen LogP contribution in [0.15, 0.2) is 42.5 Å². The highest BCUT2D eigenvalue weighted by atomic mass is 28.1. The quantitative estimate of drug-likeness (QED) is 0.479. The lowest BCUT2D eigenvalue weighted by molar-refractivity contribution is 1.28. The third-order valence-corrected chi connectivity index (χ3v) is 3.32. The lowest BCUT2D eigenvalue weighted by Gasteiger charge is -2.02. The number of benzene rings is 2. The highest BCUT2D eigenvalue weighted by Crippen LogP contribution is 2.34. The molecule has 0 N–H and O–H groups in total. The molecule has 0 fully saturated rings. The predicted octanol–water partition coefficient (Wildman–Crippen LogP) is 2.05. The van der Waals surface area contributed by atoms with Gasteiger partial charge in [-0.3, -0.25) is 0 Å². The van der Waals surface area contributed by atoms with Crippen LogP contribution < -0.4 is 5.19 Å². The van der Waals surface area contributed by atoms with Crippen molar-refractivity contribution < 1.29 is 0 Å². The van der Waals surface area contributed by atoms with Gasteiger partial charge >= 0.3 is 0 Å². The molecule has 0 amide bonds. The standard InChI is InChI=1S/C13H9Si/c14-13-7-3-6-11-10-5-2-1-4-9(10)8-12(11)13/h1-7H,8H2. The first-order valence-electron chi connectivity index (χ1n) is 4.78. The van der Waals surface area contributed by atoms with Gasteiger partial charge in [-0.05, 0) is 28.7 Å². The summed E-state index contributed by atoms with van der Waals surface area (Å²) in [6.45, 7) is 0. The fourth-order valence-corrected chi connectivity index (χ4v) is 2.48. The molecule has 0 unspecified atom stereocenters. The second-order valence-corrected chi connectivity index (χ2v) is 4.20. The number of hydrogen-bond acceptors (Lipinski definition) is 0. The van der Waals surface area contributed by atoms with Crippen molar-refractivity contribution in [3.05, 3.63) is 53.6 Å². The van der Waals surface area contributed by atoms with Gasteiger partial charge in [-0.2, -0.15) is 0 Å². The van der Waals surface area contributed by atoms with E-state index in [1.54, 1.807) is 0 Å². The van der Waals surface area contributed by atoms with Gasteiger partial charge in [0.25, 0.3) is 0 Å². The summed E-state index contributed by atoms with van der Waals surface area (Å²) in [5.74, 6) is 0. The molecular weight excluding hydrogens is 184 g/mol. The molecule has 0 saturated carbocycles. The van der Waals surface area contributed by atoms with Gasteiger partial charge in [-0.25, -0.2) is 0 Å². The molecular formula is C13H9Si. The molecule has 14 heavy (non-hydrogen) atoms. The van der Waals surface area contributed by atoms with E-state index < -0.39 is 0 Å². The SMILES string of the molecule is [Si]c1cccc2c1Cc1ccccc1-2. The van der Waals surface area contributed by atoms with Crippen LogP contribution in [0.3, 0.4) is 0 Å². The number of rotatable bonds is 0. The molecule has 2 aromatic rings. The molecule has 3 rings (SSSR count). The van der Waals surface area contributed by atoms with E-state index in [0.29, 0.717) is 0 Å². The van der Waals surface area contributed by atoms with Crippen LogP contribution in [0.25, 0.3) is 11.1 Å². The zero-order chi connectivity index (χ0) is 9.54. The first kappa shape index (κ1) is 8.01. The minimum Gasteiger partial charge on any atom is -0.0635 e. The lowest BCUT2D eigenvalue weighted by atomic mass is 10.1. The van der Waals surface area contributed by atoms with Gasteiger partial charge in [0.15, 0.2) is 0 Å². The summed E-state index contributed by atoms with van der Waals surface area (Å²) in [4.78, 5) is 0. The van der Waals surface area contributed by atoms with Gasteiger partial charge in [-0.15, -0.1) is 0 Å². The summed E-state index contributed by atoms with van der Waals surface area (Å²) < 4.78 is 0. The van der Waals surface area contributed by atoms with Crippen molar-refractivity contribution >= 4 is 15.4 Å². The Morgan fingerprint density at radius 2 is 1.64 bits per heavy atom. The van der Waals surface area contributed by atoms with Crippen LogP contribution in [-0.4, -0.2) is 10.2 Å². The second kappa shape index (κ2) is 2.82. The molecule has 2 aromatic carbocycles. The Bertz CT molecular complexity index is 500. The van der Waals surface area contributed by atoms with Crippen molar-refractivity contribution in [1.29, 1.82) is 0 Å². The minimum absolute atomic E-state index is 1.06. The van der Waals surface area contributed by atoms with Gasteiger partial charge in [0.2, 0.25) is 0 Å². The molecule has 1 aliphatic rings. The van der Waals surface area contributed by atoms with E-state index in [0.717, 1.165) is 6.42 Å². The third kappa shape index (κ3) is 0.992. The average Bonchev–Trinajstić information content (AvgIpc) is 2.59. The highest BCUT2D eigenvalue weighted by Gasteiger charge is 2.18. The average molecular weight is 193 g/mol. The Kier molecular flexibility index (Phi) is 1.61. The summed E-state index contributed by atoms with van der Waals surface area (Å²) in [6, 6.07) is 15.0. The van der Waals surface area contributed by atoms with E-state index in [2.05, 4.69) is 52.7 Å². The molecule has 0 aliphatic heterocycles. The zero-order valence-corrected chi connectivity index (χ0v) is 8.75. The van der Waals surface area contributed by atoms with Crippen LogP contribution in [0.1, 0.15) is 11.1 Å². The number of hydrogen-bond donors (Lipinski definition) is 0. The fourth-order valence-electron chi connectivity index (χ4n) is 2.16. The highest BCUT2D eigenvalue weighted by molar-refractivity contribution is 6.34.